The Balaban J connectivity index is 1.65. The van der Waals surface area contributed by atoms with Crippen molar-refractivity contribution in [1.82, 2.24) is 25.0 Å². The first-order valence-corrected chi connectivity index (χ1v) is 9.89. The van der Waals surface area contributed by atoms with Crippen LogP contribution in [0.3, 0.4) is 0 Å². The number of carbonyl (C=O) groups is 1. The minimum Gasteiger partial charge on any atom is -0.493 e. The van der Waals surface area contributed by atoms with Crippen molar-refractivity contribution in [2.45, 2.75) is 44.7 Å². The number of ketones is 1. The van der Waals surface area contributed by atoms with Crippen LogP contribution >= 0.6 is 0 Å². The Morgan fingerprint density at radius 3 is 2.70 bits per heavy atom. The van der Waals surface area contributed by atoms with Crippen LogP contribution in [0, 0.1) is 0 Å². The fraction of sp³-hybridized carbons (Fsp3) is 0.350. The Kier molecular flexibility index (Phi) is 5.57. The van der Waals surface area contributed by atoms with Gasteiger partial charge in [0.1, 0.15) is 5.56 Å². The highest BCUT2D eigenvalue weighted by Gasteiger charge is 2.24. The van der Waals surface area contributed by atoms with E-state index in [0.717, 1.165) is 31.4 Å². The predicted molar refractivity (Wildman–Crippen MR) is 112 cm³/mol. The second kappa shape index (κ2) is 8.46. The number of Topliss-reactive ketones (excluding diaryl/α,β-unsaturated/α-hetero) is 1. The predicted octanol–water partition coefficient (Wildman–Crippen LogP) is 2.39. The highest BCUT2D eigenvalue weighted by atomic mass is 16.3. The molecule has 2 atom stereocenters. The maximum absolute atomic E-state index is 12.1. The van der Waals surface area contributed by atoms with Gasteiger partial charge < -0.3 is 21.5 Å². The van der Waals surface area contributed by atoms with Crippen LogP contribution in [0.15, 0.2) is 36.7 Å². The number of carbonyl (C=O) groups excluding carboxylic acids is 1. The van der Waals surface area contributed by atoms with E-state index in [1.165, 1.54) is 11.7 Å². The third kappa shape index (κ3) is 4.23. The lowest BCUT2D eigenvalue weighted by molar-refractivity contribution is 0.101. The van der Waals surface area contributed by atoms with E-state index in [2.05, 4.69) is 30.8 Å². The van der Waals surface area contributed by atoms with Crippen LogP contribution in [0.1, 0.15) is 43.0 Å². The zero-order chi connectivity index (χ0) is 21.1. The van der Waals surface area contributed by atoms with E-state index in [4.69, 9.17) is 5.73 Å². The highest BCUT2D eigenvalue weighted by molar-refractivity contribution is 6.01. The third-order valence-corrected chi connectivity index (χ3v) is 5.13. The van der Waals surface area contributed by atoms with E-state index in [1.807, 2.05) is 24.3 Å². The zero-order valence-electron chi connectivity index (χ0n) is 16.6. The van der Waals surface area contributed by atoms with Crippen LogP contribution in [0.4, 0.5) is 17.5 Å². The van der Waals surface area contributed by atoms with Gasteiger partial charge in [-0.2, -0.15) is 25.0 Å². The number of hydrogen-bond acceptors (Lipinski definition) is 9. The molecular formula is C20H24N8O2. The van der Waals surface area contributed by atoms with Gasteiger partial charge >= 0.3 is 0 Å². The molecule has 10 nitrogen and oxygen atoms in total. The fourth-order valence-electron chi connectivity index (χ4n) is 3.63. The number of aromatic hydroxyl groups is 1. The molecule has 1 fully saturated rings. The topological polar surface area (TPSA) is 144 Å². The summed E-state index contributed by atoms with van der Waals surface area (Å²) in [4.78, 5) is 22.2. The summed E-state index contributed by atoms with van der Waals surface area (Å²) in [5, 5.41) is 25.0. The number of rotatable bonds is 6. The molecule has 0 spiro atoms. The van der Waals surface area contributed by atoms with Crippen molar-refractivity contribution < 1.29 is 9.90 Å². The quantitative estimate of drug-likeness (QED) is 0.452. The molecule has 1 aromatic carbocycles. The second-order valence-corrected chi connectivity index (χ2v) is 7.34. The molecule has 1 saturated carbocycles. The Bertz CT molecular complexity index is 1040. The maximum Gasteiger partial charge on any atom is 0.229 e. The van der Waals surface area contributed by atoms with Crippen LogP contribution < -0.4 is 16.4 Å². The van der Waals surface area contributed by atoms with Crippen molar-refractivity contribution in [1.29, 1.82) is 0 Å². The molecule has 0 radical (unpaired) electrons. The molecule has 1 aliphatic rings. The van der Waals surface area contributed by atoms with Gasteiger partial charge in [-0.1, -0.05) is 18.9 Å². The smallest absolute Gasteiger partial charge is 0.229 e. The van der Waals surface area contributed by atoms with Gasteiger partial charge in [0.2, 0.25) is 11.8 Å². The molecule has 0 bridgehead atoms. The lowest BCUT2D eigenvalue weighted by atomic mass is 9.91. The van der Waals surface area contributed by atoms with Gasteiger partial charge in [0.15, 0.2) is 11.6 Å². The SMILES string of the molecule is CC(=O)c1c(O)nc(N[C@@H]2CCCC[C@@H]2N)nc1Nc1cccc(-n2nccn2)c1. The van der Waals surface area contributed by atoms with Crippen molar-refractivity contribution in [2.24, 2.45) is 5.73 Å². The lowest BCUT2D eigenvalue weighted by Gasteiger charge is -2.29. The first kappa shape index (κ1) is 19.8. The Labute approximate surface area is 173 Å². The summed E-state index contributed by atoms with van der Waals surface area (Å²) in [5.74, 6) is -0.280. The van der Waals surface area contributed by atoms with Crippen molar-refractivity contribution >= 4 is 23.2 Å². The molecule has 0 saturated heterocycles. The summed E-state index contributed by atoms with van der Waals surface area (Å²) in [6.45, 7) is 1.36. The monoisotopic (exact) mass is 408 g/mol. The number of anilines is 3. The Morgan fingerprint density at radius 1 is 1.20 bits per heavy atom. The summed E-state index contributed by atoms with van der Waals surface area (Å²) >= 11 is 0. The van der Waals surface area contributed by atoms with E-state index in [-0.39, 0.29) is 41.1 Å². The second-order valence-electron chi connectivity index (χ2n) is 7.34. The Hall–Kier alpha value is -3.53. The van der Waals surface area contributed by atoms with Gasteiger partial charge in [-0.15, -0.1) is 0 Å². The molecule has 30 heavy (non-hydrogen) atoms. The Morgan fingerprint density at radius 2 is 1.97 bits per heavy atom. The molecule has 0 amide bonds. The summed E-state index contributed by atoms with van der Waals surface area (Å²) in [7, 11) is 0. The van der Waals surface area contributed by atoms with Gasteiger partial charge in [-0.3, -0.25) is 4.79 Å². The van der Waals surface area contributed by atoms with Crippen LogP contribution in [-0.4, -0.2) is 47.9 Å². The number of hydrogen-bond donors (Lipinski definition) is 4. The van der Waals surface area contributed by atoms with Crippen molar-refractivity contribution in [3.05, 3.63) is 42.2 Å². The molecule has 0 unspecified atom stereocenters. The normalized spacial score (nSPS) is 18.7. The molecule has 10 heteroatoms. The van der Waals surface area contributed by atoms with Gasteiger partial charge in [0.05, 0.1) is 18.1 Å². The minimum absolute atomic E-state index is 0.00774. The summed E-state index contributed by atoms with van der Waals surface area (Å²) in [5.41, 5.74) is 7.62. The molecule has 5 N–H and O–H groups in total. The van der Waals surface area contributed by atoms with Crippen LogP contribution in [0.25, 0.3) is 5.69 Å². The van der Waals surface area contributed by atoms with E-state index in [0.29, 0.717) is 5.69 Å². The van der Waals surface area contributed by atoms with Crippen LogP contribution in [0.5, 0.6) is 5.88 Å². The first-order valence-electron chi connectivity index (χ1n) is 9.89. The van der Waals surface area contributed by atoms with Crippen LogP contribution in [-0.2, 0) is 0 Å². The van der Waals surface area contributed by atoms with Gasteiger partial charge in [-0.25, -0.2) is 0 Å². The highest BCUT2D eigenvalue weighted by Crippen LogP contribution is 2.29. The van der Waals surface area contributed by atoms with E-state index in [9.17, 15) is 9.90 Å². The fourth-order valence-corrected chi connectivity index (χ4v) is 3.63. The first-order chi connectivity index (χ1) is 14.5. The van der Waals surface area contributed by atoms with Crippen LogP contribution in [0.2, 0.25) is 0 Å². The molecule has 0 aliphatic heterocycles. The van der Waals surface area contributed by atoms with Gasteiger partial charge in [0, 0.05) is 17.8 Å². The maximum atomic E-state index is 12.1. The van der Waals surface area contributed by atoms with Gasteiger partial charge in [-0.05, 0) is 38.0 Å². The number of nitrogens with zero attached hydrogens (tertiary/aromatic N) is 5. The third-order valence-electron chi connectivity index (χ3n) is 5.13. The number of nitrogens with two attached hydrogens (primary N) is 1. The minimum atomic E-state index is -0.378. The van der Waals surface area contributed by atoms with E-state index in [1.54, 1.807) is 12.4 Å². The van der Waals surface area contributed by atoms with Crippen molar-refractivity contribution in [3.63, 3.8) is 0 Å². The largest absolute Gasteiger partial charge is 0.493 e. The number of benzene rings is 1. The van der Waals surface area contributed by atoms with Crippen molar-refractivity contribution in [3.8, 4) is 11.6 Å². The number of nitrogens with one attached hydrogen (secondary N) is 2. The lowest BCUT2D eigenvalue weighted by Crippen LogP contribution is -2.43. The molecule has 2 heterocycles. The summed E-state index contributed by atoms with van der Waals surface area (Å²) < 4.78 is 0. The zero-order valence-corrected chi connectivity index (χ0v) is 16.6. The summed E-state index contributed by atoms with van der Waals surface area (Å²) in [6, 6.07) is 7.32. The van der Waals surface area contributed by atoms with E-state index >= 15 is 0 Å². The standard InChI is InChI=1S/C20H24N8O2/c1-12(29)17-18(24-13-5-4-6-14(11-13)28-22-9-10-23-28)26-20(27-19(17)30)25-16-8-3-2-7-15(16)21/h4-6,9-11,15-16H,2-3,7-8,21H2,1H3,(H3,24,25,26,27,30)/t15-,16+/m0/s1. The molecule has 1 aliphatic carbocycles. The molecule has 156 valence electrons. The average Bonchev–Trinajstić information content (AvgIpc) is 3.24. The summed E-state index contributed by atoms with van der Waals surface area (Å²) in [6.07, 6.45) is 7.18. The number of aromatic nitrogens is 5. The van der Waals surface area contributed by atoms with Gasteiger partial charge in [0.25, 0.3) is 0 Å². The molecule has 3 aromatic rings. The molecule has 4 rings (SSSR count). The molecular weight excluding hydrogens is 384 g/mol. The van der Waals surface area contributed by atoms with Crippen molar-refractivity contribution in [2.75, 3.05) is 10.6 Å². The molecule has 2 aromatic heterocycles. The van der Waals surface area contributed by atoms with E-state index < -0.39 is 0 Å². The average molecular weight is 408 g/mol.